The quantitative estimate of drug-likeness (QED) is 0.296. The average Bonchev–Trinajstić information content (AvgIpc) is 3.05. The van der Waals surface area contributed by atoms with E-state index >= 15 is 0 Å². The highest BCUT2D eigenvalue weighted by Gasteiger charge is 2.33. The van der Waals surface area contributed by atoms with Gasteiger partial charge in [0, 0.05) is 12.1 Å². The Bertz CT molecular complexity index is 1190. The van der Waals surface area contributed by atoms with Crippen LogP contribution in [0.15, 0.2) is 88.8 Å². The van der Waals surface area contributed by atoms with Crippen molar-refractivity contribution in [2.45, 2.75) is 13.5 Å². The molecule has 4 rings (SSSR count). The van der Waals surface area contributed by atoms with E-state index < -0.39 is 4.92 Å². The van der Waals surface area contributed by atoms with Gasteiger partial charge in [-0.1, -0.05) is 60.2 Å². The van der Waals surface area contributed by atoms with Gasteiger partial charge in [0.05, 0.1) is 22.1 Å². The second kappa shape index (κ2) is 8.97. The molecule has 0 saturated carbocycles. The first-order chi connectivity index (χ1) is 15.0. The Labute approximate surface area is 184 Å². The van der Waals surface area contributed by atoms with Gasteiger partial charge in [0.2, 0.25) is 0 Å². The van der Waals surface area contributed by atoms with E-state index in [-0.39, 0.29) is 11.6 Å². The molecular formula is C24H19N3O3S. The molecule has 0 aliphatic carbocycles. The minimum absolute atomic E-state index is 0.0144. The van der Waals surface area contributed by atoms with Crippen molar-refractivity contribution >= 4 is 40.3 Å². The fraction of sp³-hybridized carbons (Fsp3) is 0.0833. The van der Waals surface area contributed by atoms with E-state index in [2.05, 4.69) is 0 Å². The number of carbonyl (C=O) groups excluding carboxylic acids is 1. The van der Waals surface area contributed by atoms with Crippen LogP contribution in [0, 0.1) is 17.0 Å². The van der Waals surface area contributed by atoms with Gasteiger partial charge >= 0.3 is 0 Å². The Balaban J connectivity index is 1.70. The molecule has 3 aromatic carbocycles. The minimum Gasteiger partial charge on any atom is -0.282 e. The molecule has 1 amide bonds. The van der Waals surface area contributed by atoms with Gasteiger partial charge in [-0.05, 0) is 48.0 Å². The Kier molecular flexibility index (Phi) is 5.95. The first-order valence-electron chi connectivity index (χ1n) is 9.65. The monoisotopic (exact) mass is 429 g/mol. The summed E-state index contributed by atoms with van der Waals surface area (Å²) in [5.74, 6) is -0.175. The van der Waals surface area contributed by atoms with Gasteiger partial charge in [-0.3, -0.25) is 19.8 Å². The van der Waals surface area contributed by atoms with Crippen molar-refractivity contribution in [1.29, 1.82) is 0 Å². The summed E-state index contributed by atoms with van der Waals surface area (Å²) in [5, 5.41) is 11.7. The number of hydrogen-bond donors (Lipinski definition) is 0. The summed E-state index contributed by atoms with van der Waals surface area (Å²) in [6.45, 7) is 2.40. The third-order valence-electron chi connectivity index (χ3n) is 4.71. The number of amides is 1. The summed E-state index contributed by atoms with van der Waals surface area (Å²) in [7, 11) is 0. The number of carbonyl (C=O) groups is 1. The maximum atomic E-state index is 13.2. The molecule has 1 heterocycles. The number of aryl methyl sites for hydroxylation is 1. The molecule has 7 heteroatoms. The predicted octanol–water partition coefficient (Wildman–Crippen LogP) is 5.71. The zero-order valence-electron chi connectivity index (χ0n) is 16.8. The van der Waals surface area contributed by atoms with Gasteiger partial charge in [0.25, 0.3) is 11.6 Å². The zero-order chi connectivity index (χ0) is 21.8. The smallest absolute Gasteiger partial charge is 0.270 e. The van der Waals surface area contributed by atoms with Crippen molar-refractivity contribution in [2.24, 2.45) is 4.99 Å². The molecule has 0 atom stereocenters. The molecular weight excluding hydrogens is 410 g/mol. The third kappa shape index (κ3) is 4.90. The number of nitrogens with zero attached hydrogens (tertiary/aromatic N) is 3. The number of benzene rings is 3. The molecule has 0 unspecified atom stereocenters. The van der Waals surface area contributed by atoms with Gasteiger partial charge in [-0.2, -0.15) is 0 Å². The first-order valence-corrected chi connectivity index (χ1v) is 10.5. The molecule has 31 heavy (non-hydrogen) atoms. The van der Waals surface area contributed by atoms with Crippen LogP contribution in [-0.4, -0.2) is 20.9 Å². The summed E-state index contributed by atoms with van der Waals surface area (Å²) in [6.07, 6.45) is 1.68. The molecule has 0 radical (unpaired) electrons. The summed E-state index contributed by atoms with van der Waals surface area (Å²) < 4.78 is 0. The van der Waals surface area contributed by atoms with Crippen LogP contribution in [0.3, 0.4) is 0 Å². The van der Waals surface area contributed by atoms with Crippen molar-refractivity contribution in [2.75, 3.05) is 0 Å². The molecule has 6 nitrogen and oxygen atoms in total. The van der Waals surface area contributed by atoms with Crippen molar-refractivity contribution in [3.05, 3.63) is 111 Å². The van der Waals surface area contributed by atoms with Crippen LogP contribution in [-0.2, 0) is 11.3 Å². The Morgan fingerprint density at radius 1 is 1.03 bits per heavy atom. The van der Waals surface area contributed by atoms with E-state index in [4.69, 9.17) is 4.99 Å². The van der Waals surface area contributed by atoms with Gasteiger partial charge in [0.15, 0.2) is 5.17 Å². The molecule has 1 aliphatic heterocycles. The first kappa shape index (κ1) is 20.6. The Morgan fingerprint density at radius 2 is 1.77 bits per heavy atom. The summed E-state index contributed by atoms with van der Waals surface area (Å²) >= 11 is 1.27. The highest BCUT2D eigenvalue weighted by molar-refractivity contribution is 8.18. The normalized spacial score (nSPS) is 16.3. The fourth-order valence-corrected chi connectivity index (χ4v) is 4.10. The number of rotatable bonds is 5. The van der Waals surface area contributed by atoms with Crippen LogP contribution in [0.25, 0.3) is 6.08 Å². The third-order valence-corrected chi connectivity index (χ3v) is 5.72. The van der Waals surface area contributed by atoms with E-state index in [9.17, 15) is 14.9 Å². The number of amidine groups is 1. The predicted molar refractivity (Wildman–Crippen MR) is 124 cm³/mol. The zero-order valence-corrected chi connectivity index (χ0v) is 17.6. The largest absolute Gasteiger partial charge is 0.282 e. The lowest BCUT2D eigenvalue weighted by atomic mass is 10.2. The SMILES string of the molecule is Cc1ccc(N=C2S/C(=C/c3cccc([N+](=O)[O-])c3)C(=O)N2Cc2ccccc2)cc1. The summed E-state index contributed by atoms with van der Waals surface area (Å²) in [5.41, 5.74) is 3.47. The summed E-state index contributed by atoms with van der Waals surface area (Å²) in [4.78, 5) is 30.7. The second-order valence-corrected chi connectivity index (χ2v) is 8.08. The number of nitro benzene ring substituents is 1. The number of aliphatic imine (C=N–C) groups is 1. The Morgan fingerprint density at radius 3 is 2.48 bits per heavy atom. The fourth-order valence-electron chi connectivity index (χ4n) is 3.11. The van der Waals surface area contributed by atoms with Gasteiger partial charge < -0.3 is 0 Å². The molecule has 3 aromatic rings. The maximum Gasteiger partial charge on any atom is 0.270 e. The Hall–Kier alpha value is -3.71. The lowest BCUT2D eigenvalue weighted by molar-refractivity contribution is -0.384. The van der Waals surface area contributed by atoms with Crippen LogP contribution in [0.1, 0.15) is 16.7 Å². The molecule has 1 saturated heterocycles. The van der Waals surface area contributed by atoms with Crippen LogP contribution in [0.5, 0.6) is 0 Å². The standard InChI is InChI=1S/C24H19N3O3S/c1-17-10-12-20(13-11-17)25-24-26(16-18-6-3-2-4-7-18)23(28)22(31-24)15-19-8-5-9-21(14-19)27(29)30/h2-15H,16H2,1H3/b22-15+,25-24?. The van der Waals surface area contributed by atoms with Crippen LogP contribution in [0.4, 0.5) is 11.4 Å². The molecule has 0 spiro atoms. The van der Waals surface area contributed by atoms with Gasteiger partial charge in [0.1, 0.15) is 0 Å². The number of non-ortho nitro benzene ring substituents is 1. The number of nitro groups is 1. The molecule has 0 N–H and O–H groups in total. The molecule has 0 aromatic heterocycles. The minimum atomic E-state index is -0.447. The molecule has 0 bridgehead atoms. The van der Waals surface area contributed by atoms with Crippen molar-refractivity contribution in [3.63, 3.8) is 0 Å². The van der Waals surface area contributed by atoms with E-state index in [1.807, 2.05) is 61.5 Å². The number of thioether (sulfide) groups is 1. The molecule has 1 fully saturated rings. The second-order valence-electron chi connectivity index (χ2n) is 7.07. The number of hydrogen-bond acceptors (Lipinski definition) is 5. The van der Waals surface area contributed by atoms with Crippen LogP contribution >= 0.6 is 11.8 Å². The summed E-state index contributed by atoms with van der Waals surface area (Å²) in [6, 6.07) is 23.7. The lowest BCUT2D eigenvalue weighted by Gasteiger charge is -2.15. The van der Waals surface area contributed by atoms with Crippen molar-refractivity contribution < 1.29 is 9.72 Å². The van der Waals surface area contributed by atoms with E-state index in [1.165, 1.54) is 23.9 Å². The lowest BCUT2D eigenvalue weighted by Crippen LogP contribution is -2.28. The van der Waals surface area contributed by atoms with Crippen molar-refractivity contribution in [1.82, 2.24) is 4.90 Å². The highest BCUT2D eigenvalue weighted by Crippen LogP contribution is 2.35. The molecule has 1 aliphatic rings. The van der Waals surface area contributed by atoms with Crippen LogP contribution in [0.2, 0.25) is 0 Å². The van der Waals surface area contributed by atoms with Crippen LogP contribution < -0.4 is 0 Å². The van der Waals surface area contributed by atoms with E-state index in [0.717, 1.165) is 16.8 Å². The highest BCUT2D eigenvalue weighted by atomic mass is 32.2. The topological polar surface area (TPSA) is 75.8 Å². The molecule has 154 valence electrons. The van der Waals surface area contributed by atoms with Crippen molar-refractivity contribution in [3.8, 4) is 0 Å². The maximum absolute atomic E-state index is 13.2. The average molecular weight is 430 g/mol. The van der Waals surface area contributed by atoms with Gasteiger partial charge in [-0.25, -0.2) is 4.99 Å². The van der Waals surface area contributed by atoms with E-state index in [1.54, 1.807) is 23.1 Å². The van der Waals surface area contributed by atoms with Gasteiger partial charge in [-0.15, -0.1) is 0 Å². The van der Waals surface area contributed by atoms with E-state index in [0.29, 0.717) is 22.2 Å².